The van der Waals surface area contributed by atoms with Gasteiger partial charge in [-0.1, -0.05) is 247 Å². The van der Waals surface area contributed by atoms with Crippen molar-refractivity contribution in [1.82, 2.24) is 0 Å². The van der Waals surface area contributed by atoms with E-state index in [1.165, 1.54) is 212 Å². The quantitative estimate of drug-likeness (QED) is 0.0440. The van der Waals surface area contributed by atoms with Crippen LogP contribution in [0.1, 0.15) is 317 Å². The normalized spacial score (nSPS) is 12.9. The van der Waals surface area contributed by atoms with Gasteiger partial charge in [0.2, 0.25) is 0 Å². The largest absolute Gasteiger partial charge is 0.495 e. The van der Waals surface area contributed by atoms with Gasteiger partial charge in [-0.3, -0.25) is 4.79 Å². The Kier molecular flexibility index (Phi) is 61.9. The van der Waals surface area contributed by atoms with E-state index in [2.05, 4.69) is 41.2 Å². The third-order valence-corrected chi connectivity index (χ3v) is 14.8. The van der Waals surface area contributed by atoms with Crippen molar-refractivity contribution in [3.05, 3.63) is 12.3 Å². The number of Topliss-reactive ketones (excluding diaryl/α,β-unsaturated/α-hetero) is 1. The highest BCUT2D eigenvalue weighted by molar-refractivity contribution is 5.78. The molecule has 0 saturated carbocycles. The molecule has 0 fully saturated rings. The van der Waals surface area contributed by atoms with Crippen molar-refractivity contribution in [2.45, 2.75) is 329 Å². The van der Waals surface area contributed by atoms with Crippen LogP contribution >= 0.6 is 0 Å². The van der Waals surface area contributed by atoms with Crippen LogP contribution in [0.5, 0.6) is 0 Å². The van der Waals surface area contributed by atoms with Crippen LogP contribution in [0.2, 0.25) is 0 Å². The van der Waals surface area contributed by atoms with Gasteiger partial charge in [-0.15, -0.1) is 0 Å². The van der Waals surface area contributed by atoms with Crippen molar-refractivity contribution < 1.29 is 38.0 Å². The standard InChI is InChI=1S/C66H130O8/c1-7-12-16-20-24-30-38-46-63(45-37-29-22-18-14-9-3)59-64(67)47-39-31-27-35-43-52-73-66(61-72-58-57-70-56-55-69-54-53-68-50-11-5)60-71-51-42-34-26-28-36-44-62(6)74-65(48-40-32-23-19-15-10-4)49-41-33-25-21-17-13-8-2/h63,65-66H,6-61H2,1-5H3. The molecule has 0 N–H and O–H groups in total. The molecule has 0 aliphatic carbocycles. The molecule has 0 aromatic heterocycles. The lowest BCUT2D eigenvalue weighted by Gasteiger charge is -2.21. The summed E-state index contributed by atoms with van der Waals surface area (Å²) in [5.74, 6) is 2.10. The Morgan fingerprint density at radius 1 is 0.324 bits per heavy atom. The minimum absolute atomic E-state index is 0.0916. The van der Waals surface area contributed by atoms with E-state index >= 15 is 0 Å². The van der Waals surface area contributed by atoms with Crippen LogP contribution in [0.25, 0.3) is 0 Å². The summed E-state index contributed by atoms with van der Waals surface area (Å²) < 4.78 is 41.9. The molecule has 0 saturated heterocycles. The predicted molar refractivity (Wildman–Crippen MR) is 318 cm³/mol. The van der Waals surface area contributed by atoms with Crippen LogP contribution < -0.4 is 0 Å². The first-order valence-electron chi connectivity index (χ1n) is 32.9. The summed E-state index contributed by atoms with van der Waals surface area (Å²) in [6, 6.07) is 0. The van der Waals surface area contributed by atoms with Crippen LogP contribution in [-0.2, 0) is 38.0 Å². The van der Waals surface area contributed by atoms with Crippen molar-refractivity contribution in [2.75, 3.05) is 72.7 Å². The SMILES string of the molecule is C=C(CCCCCCCOCC(COCCOCCOCCOCCC)OCCCCCCCC(=O)CC(CCCCCCCC)CCCCCCCCC)OC(CCCCCCCC)CCCCCCCCC. The van der Waals surface area contributed by atoms with E-state index in [1.807, 2.05) is 0 Å². The van der Waals surface area contributed by atoms with Crippen LogP contribution in [0.3, 0.4) is 0 Å². The fourth-order valence-corrected chi connectivity index (χ4v) is 10.1. The molecule has 0 radical (unpaired) electrons. The fourth-order valence-electron chi connectivity index (χ4n) is 10.1. The predicted octanol–water partition coefficient (Wildman–Crippen LogP) is 19.8. The van der Waals surface area contributed by atoms with E-state index in [0.717, 1.165) is 89.6 Å². The Hall–Kier alpha value is -1.03. The topological polar surface area (TPSA) is 81.7 Å². The van der Waals surface area contributed by atoms with Gasteiger partial charge in [0.1, 0.15) is 11.9 Å². The lowest BCUT2D eigenvalue weighted by Crippen LogP contribution is -2.27. The average molecular weight is 1050 g/mol. The molecular formula is C66H130O8. The number of hydrogen-bond donors (Lipinski definition) is 0. The number of rotatable bonds is 66. The number of ketones is 1. The van der Waals surface area contributed by atoms with Crippen molar-refractivity contribution in [3.8, 4) is 0 Å². The summed E-state index contributed by atoms with van der Waals surface area (Å²) in [5.41, 5.74) is 0. The van der Waals surface area contributed by atoms with E-state index in [9.17, 15) is 4.79 Å². The van der Waals surface area contributed by atoms with Gasteiger partial charge in [-0.25, -0.2) is 0 Å². The zero-order valence-electron chi connectivity index (χ0n) is 50.6. The maximum absolute atomic E-state index is 13.1. The third-order valence-electron chi connectivity index (χ3n) is 14.8. The summed E-state index contributed by atoms with van der Waals surface area (Å²) in [7, 11) is 0. The molecule has 0 aromatic rings. The summed E-state index contributed by atoms with van der Waals surface area (Å²) >= 11 is 0. The van der Waals surface area contributed by atoms with Gasteiger partial charge in [0, 0.05) is 39.1 Å². The van der Waals surface area contributed by atoms with Gasteiger partial charge in [0.15, 0.2) is 0 Å². The van der Waals surface area contributed by atoms with Gasteiger partial charge in [0.25, 0.3) is 0 Å². The molecule has 0 aliphatic rings. The number of carbonyl (C=O) groups is 1. The van der Waals surface area contributed by atoms with Crippen molar-refractivity contribution in [2.24, 2.45) is 5.92 Å². The number of hydrogen-bond acceptors (Lipinski definition) is 8. The first kappa shape index (κ1) is 73.0. The van der Waals surface area contributed by atoms with Gasteiger partial charge in [0.05, 0.1) is 64.7 Å². The van der Waals surface area contributed by atoms with Gasteiger partial charge in [-0.05, 0) is 63.7 Å². The maximum Gasteiger partial charge on any atom is 0.133 e. The number of allylic oxidation sites excluding steroid dienone is 1. The highest BCUT2D eigenvalue weighted by Gasteiger charge is 2.15. The van der Waals surface area contributed by atoms with E-state index in [-0.39, 0.29) is 6.10 Å². The number of ether oxygens (including phenoxy) is 7. The number of unbranched alkanes of at least 4 members (excludes halogenated alkanes) is 30. The second kappa shape index (κ2) is 62.8. The molecule has 74 heavy (non-hydrogen) atoms. The van der Waals surface area contributed by atoms with Gasteiger partial charge >= 0.3 is 0 Å². The van der Waals surface area contributed by atoms with E-state index in [1.54, 1.807) is 0 Å². The molecule has 0 spiro atoms. The molecular weight excluding hydrogens is 921 g/mol. The number of carbonyl (C=O) groups excluding carboxylic acids is 1. The van der Waals surface area contributed by atoms with Crippen molar-refractivity contribution in [1.29, 1.82) is 0 Å². The summed E-state index contributed by atoms with van der Waals surface area (Å²) in [5, 5.41) is 0. The zero-order chi connectivity index (χ0) is 53.7. The van der Waals surface area contributed by atoms with E-state index < -0.39 is 0 Å². The van der Waals surface area contributed by atoms with Crippen LogP contribution in [0.4, 0.5) is 0 Å². The Morgan fingerprint density at radius 3 is 1.14 bits per heavy atom. The first-order valence-corrected chi connectivity index (χ1v) is 32.9. The molecule has 0 rings (SSSR count). The minimum atomic E-state index is -0.0916. The molecule has 8 heteroatoms. The van der Waals surface area contributed by atoms with Crippen LogP contribution in [0, 0.1) is 5.92 Å². The Morgan fingerprint density at radius 2 is 0.676 bits per heavy atom. The lowest BCUT2D eigenvalue weighted by molar-refractivity contribution is -0.120. The second-order valence-corrected chi connectivity index (χ2v) is 22.3. The van der Waals surface area contributed by atoms with Gasteiger partial charge in [-0.2, -0.15) is 0 Å². The smallest absolute Gasteiger partial charge is 0.133 e. The van der Waals surface area contributed by atoms with E-state index in [0.29, 0.717) is 77.3 Å². The molecule has 0 heterocycles. The molecule has 442 valence electrons. The average Bonchev–Trinajstić information content (AvgIpc) is 3.40. The maximum atomic E-state index is 13.1. The highest BCUT2D eigenvalue weighted by Crippen LogP contribution is 2.25. The molecule has 8 nitrogen and oxygen atoms in total. The summed E-state index contributed by atoms with van der Waals surface area (Å²) in [4.78, 5) is 13.1. The Bertz CT molecular complexity index is 1090. The summed E-state index contributed by atoms with van der Waals surface area (Å²) in [6.07, 6.45) is 54.9. The van der Waals surface area contributed by atoms with Crippen molar-refractivity contribution >= 4 is 5.78 Å². The second-order valence-electron chi connectivity index (χ2n) is 22.3. The minimum Gasteiger partial charge on any atom is -0.495 e. The molecule has 3 unspecified atom stereocenters. The van der Waals surface area contributed by atoms with Gasteiger partial charge < -0.3 is 33.2 Å². The molecule has 0 amide bonds. The zero-order valence-corrected chi connectivity index (χ0v) is 50.6. The third kappa shape index (κ3) is 57.2. The molecule has 0 aliphatic heterocycles. The molecule has 3 atom stereocenters. The monoisotopic (exact) mass is 1050 g/mol. The van der Waals surface area contributed by atoms with Crippen LogP contribution in [-0.4, -0.2) is 90.7 Å². The van der Waals surface area contributed by atoms with E-state index in [4.69, 9.17) is 33.2 Å². The Labute approximate surface area is 462 Å². The molecule has 0 bridgehead atoms. The van der Waals surface area contributed by atoms with Crippen LogP contribution in [0.15, 0.2) is 12.3 Å². The Balaban J connectivity index is 4.63. The summed E-state index contributed by atoms with van der Waals surface area (Å²) in [6.45, 7) is 22.3. The van der Waals surface area contributed by atoms with Crippen molar-refractivity contribution in [3.63, 3.8) is 0 Å². The molecule has 0 aromatic carbocycles. The highest BCUT2D eigenvalue weighted by atomic mass is 16.6. The lowest BCUT2D eigenvalue weighted by atomic mass is 9.89. The fraction of sp³-hybridized carbons (Fsp3) is 0.955. The first-order chi connectivity index (χ1) is 36.5.